The molecule has 8 heteroatoms. The van der Waals surface area contributed by atoms with Crippen molar-refractivity contribution in [1.82, 2.24) is 15.2 Å². The molecule has 1 N–H and O–H groups in total. The summed E-state index contributed by atoms with van der Waals surface area (Å²) in [5.41, 5.74) is 1.54. The number of pyridine rings is 1. The van der Waals surface area contributed by atoms with Crippen molar-refractivity contribution < 1.29 is 19.1 Å². The van der Waals surface area contributed by atoms with Crippen molar-refractivity contribution in [3.05, 3.63) is 53.7 Å². The Balaban J connectivity index is 1.23. The lowest BCUT2D eigenvalue weighted by molar-refractivity contribution is -0.116. The van der Waals surface area contributed by atoms with E-state index in [0.717, 1.165) is 29.2 Å². The predicted molar refractivity (Wildman–Crippen MR) is 119 cm³/mol. The minimum Gasteiger partial charge on any atom is -0.454 e. The molecule has 4 rings (SSSR count). The molecule has 3 heterocycles. The Morgan fingerprint density at radius 3 is 2.84 bits per heavy atom. The van der Waals surface area contributed by atoms with Gasteiger partial charge in [0.2, 0.25) is 12.7 Å². The van der Waals surface area contributed by atoms with Crippen LogP contribution in [0.5, 0.6) is 11.5 Å². The maximum Gasteiger partial charge on any atom is 0.256 e. The maximum absolute atomic E-state index is 12.8. The molecule has 31 heavy (non-hydrogen) atoms. The molecule has 2 aliphatic rings. The molecule has 0 radical (unpaired) electrons. The van der Waals surface area contributed by atoms with Crippen LogP contribution in [0.3, 0.4) is 0 Å². The van der Waals surface area contributed by atoms with E-state index in [-0.39, 0.29) is 18.6 Å². The molecular weight excluding hydrogens is 414 g/mol. The lowest BCUT2D eigenvalue weighted by atomic mass is 9.96. The summed E-state index contributed by atoms with van der Waals surface area (Å²) in [6.45, 7) is 2.22. The molecule has 0 bridgehead atoms. The van der Waals surface area contributed by atoms with Crippen molar-refractivity contribution in [2.45, 2.75) is 17.9 Å². The lowest BCUT2D eigenvalue weighted by Crippen LogP contribution is -2.41. The number of piperidine rings is 1. The number of fused-ring (bicyclic) bond motifs is 1. The van der Waals surface area contributed by atoms with Gasteiger partial charge in [-0.1, -0.05) is 6.07 Å². The number of carbonyl (C=O) groups excluding carboxylic acids is 2. The van der Waals surface area contributed by atoms with Gasteiger partial charge in [-0.3, -0.25) is 9.59 Å². The summed E-state index contributed by atoms with van der Waals surface area (Å²) >= 11 is 1.48. The Bertz CT molecular complexity index is 987. The molecule has 1 fully saturated rings. The first-order valence-electron chi connectivity index (χ1n) is 10.3. The van der Waals surface area contributed by atoms with Gasteiger partial charge in [-0.25, -0.2) is 4.98 Å². The molecule has 1 aromatic heterocycles. The highest BCUT2D eigenvalue weighted by molar-refractivity contribution is 7.98. The first-order valence-corrected chi connectivity index (χ1v) is 11.5. The number of carbonyl (C=O) groups is 2. The minimum absolute atomic E-state index is 0.0339. The molecule has 1 aromatic carbocycles. The van der Waals surface area contributed by atoms with Crippen LogP contribution < -0.4 is 14.8 Å². The van der Waals surface area contributed by atoms with Gasteiger partial charge in [0.05, 0.1) is 5.56 Å². The van der Waals surface area contributed by atoms with E-state index < -0.39 is 0 Å². The second-order valence-electron chi connectivity index (χ2n) is 7.49. The third-order valence-corrected chi connectivity index (χ3v) is 6.20. The van der Waals surface area contributed by atoms with Gasteiger partial charge in [-0.2, -0.15) is 0 Å². The number of thioether (sulfide) groups is 1. The highest BCUT2D eigenvalue weighted by Crippen LogP contribution is 2.32. The van der Waals surface area contributed by atoms with Gasteiger partial charge in [0.25, 0.3) is 5.91 Å². The highest BCUT2D eigenvalue weighted by atomic mass is 32.2. The van der Waals surface area contributed by atoms with Gasteiger partial charge >= 0.3 is 0 Å². The molecule has 0 saturated carbocycles. The first kappa shape index (κ1) is 21.2. The highest BCUT2D eigenvalue weighted by Gasteiger charge is 2.25. The fourth-order valence-corrected chi connectivity index (χ4v) is 4.26. The number of nitrogens with zero attached hydrogens (tertiary/aromatic N) is 2. The van der Waals surface area contributed by atoms with Crippen molar-refractivity contribution in [3.8, 4) is 11.5 Å². The Kier molecular flexibility index (Phi) is 6.76. The topological polar surface area (TPSA) is 80.8 Å². The number of ether oxygens (including phenoxy) is 2. The maximum atomic E-state index is 12.8. The number of likely N-dealkylation sites (tertiary alicyclic amines) is 1. The van der Waals surface area contributed by atoms with Crippen molar-refractivity contribution in [2.24, 2.45) is 5.92 Å². The van der Waals surface area contributed by atoms with E-state index >= 15 is 0 Å². The normalized spacial score (nSPS) is 16.0. The summed E-state index contributed by atoms with van der Waals surface area (Å²) in [4.78, 5) is 31.2. The van der Waals surface area contributed by atoms with E-state index in [1.165, 1.54) is 17.8 Å². The second kappa shape index (κ2) is 9.87. The Morgan fingerprint density at radius 1 is 1.23 bits per heavy atom. The zero-order valence-electron chi connectivity index (χ0n) is 17.4. The minimum atomic E-state index is -0.129. The van der Waals surface area contributed by atoms with E-state index in [2.05, 4.69) is 10.3 Å². The fraction of sp³-hybridized carbons (Fsp3) is 0.348. The number of amides is 2. The van der Waals surface area contributed by atoms with Crippen LogP contribution in [-0.4, -0.2) is 54.4 Å². The van der Waals surface area contributed by atoms with E-state index in [1.807, 2.05) is 35.4 Å². The predicted octanol–water partition coefficient (Wildman–Crippen LogP) is 3.21. The molecule has 2 aliphatic heterocycles. The Morgan fingerprint density at radius 2 is 2.03 bits per heavy atom. The number of rotatable bonds is 6. The van der Waals surface area contributed by atoms with E-state index in [1.54, 1.807) is 18.3 Å². The van der Waals surface area contributed by atoms with E-state index in [4.69, 9.17) is 9.47 Å². The zero-order valence-corrected chi connectivity index (χ0v) is 18.2. The summed E-state index contributed by atoms with van der Waals surface area (Å²) in [6.07, 6.45) is 8.66. The van der Waals surface area contributed by atoms with Gasteiger partial charge in [0.15, 0.2) is 11.5 Å². The number of hydrogen-bond donors (Lipinski definition) is 1. The third-order valence-electron chi connectivity index (χ3n) is 5.49. The monoisotopic (exact) mass is 439 g/mol. The third kappa shape index (κ3) is 5.19. The zero-order chi connectivity index (χ0) is 21.6. The molecular formula is C23H25N3O4S. The molecule has 7 nitrogen and oxygen atoms in total. The van der Waals surface area contributed by atoms with E-state index in [9.17, 15) is 9.59 Å². The largest absolute Gasteiger partial charge is 0.454 e. The van der Waals surface area contributed by atoms with Gasteiger partial charge in [-0.15, -0.1) is 11.8 Å². The SMILES string of the molecule is CSc1ncccc1C(=O)N1CCC(CNC(=O)/C=C/c2ccc3c(c2)OCO3)CC1. The van der Waals surface area contributed by atoms with Gasteiger partial charge in [-0.05, 0) is 60.9 Å². The van der Waals surface area contributed by atoms with Crippen LogP contribution in [0.2, 0.25) is 0 Å². The van der Waals surface area contributed by atoms with Crippen LogP contribution >= 0.6 is 11.8 Å². The molecule has 162 valence electrons. The number of benzene rings is 1. The van der Waals surface area contributed by atoms with Crippen LogP contribution in [0.1, 0.15) is 28.8 Å². The van der Waals surface area contributed by atoms with Crippen molar-refractivity contribution in [1.29, 1.82) is 0 Å². The Labute approximate surface area is 185 Å². The summed E-state index contributed by atoms with van der Waals surface area (Å²) in [5, 5.41) is 3.73. The molecule has 2 amide bonds. The van der Waals surface area contributed by atoms with Crippen molar-refractivity contribution >= 4 is 29.7 Å². The summed E-state index contributed by atoms with van der Waals surface area (Å²) in [7, 11) is 0. The molecule has 0 spiro atoms. The summed E-state index contributed by atoms with van der Waals surface area (Å²) < 4.78 is 10.6. The Hall–Kier alpha value is -3.00. The van der Waals surface area contributed by atoms with E-state index in [0.29, 0.717) is 36.9 Å². The summed E-state index contributed by atoms with van der Waals surface area (Å²) in [5.74, 6) is 1.68. The molecule has 1 saturated heterocycles. The van der Waals surface area contributed by atoms with Gasteiger partial charge in [0.1, 0.15) is 5.03 Å². The van der Waals surface area contributed by atoms with Crippen LogP contribution in [-0.2, 0) is 4.79 Å². The smallest absolute Gasteiger partial charge is 0.256 e. The fourth-order valence-electron chi connectivity index (χ4n) is 3.72. The van der Waals surface area contributed by atoms with Crippen molar-refractivity contribution in [3.63, 3.8) is 0 Å². The molecule has 0 aliphatic carbocycles. The van der Waals surface area contributed by atoms with Crippen LogP contribution in [0.15, 0.2) is 47.6 Å². The van der Waals surface area contributed by atoms with Gasteiger partial charge < -0.3 is 19.7 Å². The molecule has 2 aromatic rings. The quantitative estimate of drug-likeness (QED) is 0.550. The lowest BCUT2D eigenvalue weighted by Gasteiger charge is -2.32. The standard InChI is InChI=1S/C23H25N3O4S/c1-31-22-18(3-2-10-24-22)23(28)26-11-8-17(9-12-26)14-25-21(27)7-5-16-4-6-19-20(13-16)30-15-29-19/h2-7,10,13,17H,8-9,11-12,14-15H2,1H3,(H,25,27)/b7-5+. The van der Waals surface area contributed by atoms with Crippen molar-refractivity contribution in [2.75, 3.05) is 32.7 Å². The van der Waals surface area contributed by atoms with Crippen LogP contribution in [0.25, 0.3) is 6.08 Å². The van der Waals surface area contributed by atoms with Crippen LogP contribution in [0, 0.1) is 5.92 Å². The molecule has 0 atom stereocenters. The van der Waals surface area contributed by atoms with Gasteiger partial charge in [0, 0.05) is 31.9 Å². The van der Waals surface area contributed by atoms with Crippen LogP contribution in [0.4, 0.5) is 0 Å². The number of hydrogen-bond acceptors (Lipinski definition) is 6. The summed E-state index contributed by atoms with van der Waals surface area (Å²) in [6, 6.07) is 9.20. The number of nitrogens with one attached hydrogen (secondary N) is 1. The average molecular weight is 440 g/mol. The number of aromatic nitrogens is 1. The first-order chi connectivity index (χ1) is 15.1. The molecule has 0 unspecified atom stereocenters. The second-order valence-corrected chi connectivity index (χ2v) is 8.28. The average Bonchev–Trinajstić information content (AvgIpc) is 3.29.